The van der Waals surface area contributed by atoms with Gasteiger partial charge in [0.1, 0.15) is 0 Å². The number of esters is 1. The summed E-state index contributed by atoms with van der Waals surface area (Å²) in [5, 5.41) is 0. The van der Waals surface area contributed by atoms with Crippen LogP contribution in [-0.4, -0.2) is 12.6 Å². The van der Waals surface area contributed by atoms with Gasteiger partial charge in [0.25, 0.3) is 0 Å². The minimum absolute atomic E-state index is 0. The number of carbonyl (C=O) groups is 1. The number of ether oxygens (including phenoxy) is 1. The highest BCUT2D eigenvalue weighted by molar-refractivity contribution is 9.10. The van der Waals surface area contributed by atoms with Crippen LogP contribution in [0.3, 0.4) is 0 Å². The first-order valence-corrected chi connectivity index (χ1v) is 7.29. The first-order chi connectivity index (χ1) is 8.75. The van der Waals surface area contributed by atoms with Gasteiger partial charge in [0, 0.05) is 16.6 Å². The molecule has 3 nitrogen and oxygen atoms in total. The first kappa shape index (κ1) is 19.3. The molecular formula is C15H23BrClNO2. The molecule has 0 bridgehead atoms. The number of hydrogen-bond acceptors (Lipinski definition) is 3. The van der Waals surface area contributed by atoms with Gasteiger partial charge in [-0.3, -0.25) is 4.79 Å². The fraction of sp³-hybridized carbons (Fsp3) is 0.533. The smallest absolute Gasteiger partial charge is 0.306 e. The van der Waals surface area contributed by atoms with Crippen molar-refractivity contribution >= 4 is 40.0 Å². The summed E-state index contributed by atoms with van der Waals surface area (Å²) in [5.41, 5.74) is 9.01. The molecule has 0 saturated heterocycles. The van der Waals surface area contributed by atoms with Crippen LogP contribution in [0.15, 0.2) is 16.6 Å². The molecule has 0 fully saturated rings. The molecule has 0 aliphatic rings. The molecule has 5 heteroatoms. The van der Waals surface area contributed by atoms with Gasteiger partial charge in [-0.25, -0.2) is 0 Å². The number of rotatable bonds is 4. The van der Waals surface area contributed by atoms with E-state index in [9.17, 15) is 4.79 Å². The molecule has 0 amide bonds. The average molecular weight is 365 g/mol. The molecular weight excluding hydrogens is 342 g/mol. The Morgan fingerprint density at radius 3 is 2.45 bits per heavy atom. The monoisotopic (exact) mass is 363 g/mol. The van der Waals surface area contributed by atoms with Crippen LogP contribution in [-0.2, 0) is 21.4 Å². The van der Waals surface area contributed by atoms with E-state index in [0.717, 1.165) is 10.0 Å². The lowest BCUT2D eigenvalue weighted by Crippen LogP contribution is -2.13. The van der Waals surface area contributed by atoms with Crippen LogP contribution >= 0.6 is 28.3 Å². The molecule has 0 aliphatic heterocycles. The quantitative estimate of drug-likeness (QED) is 0.642. The number of nitrogen functional groups attached to an aromatic ring is 1. The van der Waals surface area contributed by atoms with Crippen molar-refractivity contribution in [3.05, 3.63) is 27.7 Å². The van der Waals surface area contributed by atoms with Crippen molar-refractivity contribution in [3.8, 4) is 0 Å². The number of carbonyl (C=O) groups excluding carboxylic acids is 1. The zero-order valence-corrected chi connectivity index (χ0v) is 14.9. The molecule has 0 aliphatic carbocycles. The molecule has 114 valence electrons. The maximum absolute atomic E-state index is 11.4. The third kappa shape index (κ3) is 5.33. The lowest BCUT2D eigenvalue weighted by molar-refractivity contribution is -0.143. The van der Waals surface area contributed by atoms with E-state index in [4.69, 9.17) is 10.5 Å². The van der Waals surface area contributed by atoms with Crippen molar-refractivity contribution in [2.24, 2.45) is 0 Å². The van der Waals surface area contributed by atoms with Gasteiger partial charge in [0.05, 0.1) is 6.61 Å². The molecule has 0 spiro atoms. The zero-order chi connectivity index (χ0) is 14.6. The predicted octanol–water partition coefficient (Wildman–Crippen LogP) is 4.25. The number of hydrogen-bond donors (Lipinski definition) is 1. The predicted molar refractivity (Wildman–Crippen MR) is 89.5 cm³/mol. The summed E-state index contributed by atoms with van der Waals surface area (Å²) in [6.07, 6.45) is 0.964. The van der Waals surface area contributed by atoms with E-state index in [1.807, 2.05) is 13.0 Å². The molecule has 1 rings (SSSR count). The summed E-state index contributed by atoms with van der Waals surface area (Å²) in [6, 6.07) is 4.13. The van der Waals surface area contributed by atoms with E-state index in [-0.39, 0.29) is 23.8 Å². The van der Waals surface area contributed by atoms with Gasteiger partial charge in [0.15, 0.2) is 0 Å². The van der Waals surface area contributed by atoms with Crippen LogP contribution in [0.2, 0.25) is 0 Å². The molecule has 0 heterocycles. The Hall–Kier alpha value is -0.740. The number of nitrogens with two attached hydrogens (primary N) is 1. The van der Waals surface area contributed by atoms with Crippen molar-refractivity contribution in [1.29, 1.82) is 0 Å². The van der Waals surface area contributed by atoms with E-state index in [1.54, 1.807) is 0 Å². The molecule has 0 unspecified atom stereocenters. The standard InChI is InChI=1S/C15H22BrNO2.ClH/c1-5-19-13(18)7-6-10-8-11(15(2,3)4)9-12(16)14(10)17;/h8-9H,5-7,17H2,1-4H3;1H. The molecule has 2 N–H and O–H groups in total. The van der Waals surface area contributed by atoms with Gasteiger partial charge in [0.2, 0.25) is 0 Å². The molecule has 1 aromatic carbocycles. The minimum Gasteiger partial charge on any atom is -0.466 e. The third-order valence-corrected chi connectivity index (χ3v) is 3.64. The third-order valence-electron chi connectivity index (χ3n) is 2.99. The van der Waals surface area contributed by atoms with Crippen LogP contribution < -0.4 is 5.73 Å². The molecule has 0 atom stereocenters. The van der Waals surface area contributed by atoms with E-state index in [0.29, 0.717) is 25.1 Å². The second-order valence-electron chi connectivity index (χ2n) is 5.59. The van der Waals surface area contributed by atoms with Gasteiger partial charge in [-0.15, -0.1) is 12.4 Å². The Labute approximate surface area is 135 Å². The van der Waals surface area contributed by atoms with Crippen molar-refractivity contribution in [2.75, 3.05) is 12.3 Å². The highest BCUT2D eigenvalue weighted by atomic mass is 79.9. The second kappa shape index (κ2) is 7.89. The minimum atomic E-state index is -0.181. The highest BCUT2D eigenvalue weighted by Crippen LogP contribution is 2.32. The number of aryl methyl sites for hydroxylation is 1. The molecule has 1 aromatic rings. The van der Waals surface area contributed by atoms with Crippen LogP contribution in [0.5, 0.6) is 0 Å². The van der Waals surface area contributed by atoms with Crippen molar-refractivity contribution in [1.82, 2.24) is 0 Å². The van der Waals surface area contributed by atoms with E-state index in [2.05, 4.69) is 42.8 Å². The first-order valence-electron chi connectivity index (χ1n) is 6.49. The Kier molecular flexibility index (Phi) is 7.60. The largest absolute Gasteiger partial charge is 0.466 e. The Balaban J connectivity index is 0.00000361. The van der Waals surface area contributed by atoms with Crippen LogP contribution in [0, 0.1) is 0 Å². The lowest BCUT2D eigenvalue weighted by atomic mass is 9.85. The number of halogens is 2. The van der Waals surface area contributed by atoms with Gasteiger partial charge in [-0.05, 0) is 51.9 Å². The van der Waals surface area contributed by atoms with E-state index < -0.39 is 0 Å². The molecule has 0 aromatic heterocycles. The summed E-state index contributed by atoms with van der Waals surface area (Å²) in [4.78, 5) is 11.4. The van der Waals surface area contributed by atoms with Crippen molar-refractivity contribution in [2.45, 2.75) is 46.0 Å². The SMILES string of the molecule is CCOC(=O)CCc1cc(C(C)(C)C)cc(Br)c1N.Cl. The van der Waals surface area contributed by atoms with Gasteiger partial charge in [-0.2, -0.15) is 0 Å². The number of anilines is 1. The fourth-order valence-corrected chi connectivity index (χ4v) is 2.29. The Morgan fingerprint density at radius 2 is 1.95 bits per heavy atom. The Morgan fingerprint density at radius 1 is 1.35 bits per heavy atom. The Bertz CT molecular complexity index is 470. The summed E-state index contributed by atoms with van der Waals surface area (Å²) < 4.78 is 5.83. The summed E-state index contributed by atoms with van der Waals surface area (Å²) in [5.74, 6) is -0.181. The molecule has 0 radical (unpaired) electrons. The normalized spacial score (nSPS) is 10.8. The lowest BCUT2D eigenvalue weighted by Gasteiger charge is -2.21. The number of benzene rings is 1. The topological polar surface area (TPSA) is 52.3 Å². The maximum Gasteiger partial charge on any atom is 0.306 e. The summed E-state index contributed by atoms with van der Waals surface area (Å²) >= 11 is 3.49. The summed E-state index contributed by atoms with van der Waals surface area (Å²) in [7, 11) is 0. The van der Waals surface area contributed by atoms with E-state index >= 15 is 0 Å². The van der Waals surface area contributed by atoms with E-state index in [1.165, 1.54) is 5.56 Å². The van der Waals surface area contributed by atoms with Crippen molar-refractivity contribution < 1.29 is 9.53 Å². The fourth-order valence-electron chi connectivity index (χ4n) is 1.78. The van der Waals surface area contributed by atoms with Crippen LogP contribution in [0.1, 0.15) is 45.2 Å². The maximum atomic E-state index is 11.4. The van der Waals surface area contributed by atoms with Crippen LogP contribution in [0.4, 0.5) is 5.69 Å². The highest BCUT2D eigenvalue weighted by Gasteiger charge is 2.17. The molecule has 20 heavy (non-hydrogen) atoms. The molecule has 0 saturated carbocycles. The average Bonchev–Trinajstić information content (AvgIpc) is 2.30. The van der Waals surface area contributed by atoms with Crippen LogP contribution in [0.25, 0.3) is 0 Å². The van der Waals surface area contributed by atoms with Gasteiger partial charge < -0.3 is 10.5 Å². The van der Waals surface area contributed by atoms with Gasteiger partial charge in [-0.1, -0.05) is 26.8 Å². The summed E-state index contributed by atoms with van der Waals surface area (Å²) in [6.45, 7) is 8.68. The van der Waals surface area contributed by atoms with Gasteiger partial charge >= 0.3 is 5.97 Å². The van der Waals surface area contributed by atoms with Crippen molar-refractivity contribution in [3.63, 3.8) is 0 Å². The zero-order valence-electron chi connectivity index (χ0n) is 12.5. The second-order valence-corrected chi connectivity index (χ2v) is 6.44.